The molecule has 0 bridgehead atoms. The number of benzene rings is 1. The highest BCUT2D eigenvalue weighted by Gasteiger charge is 2.22. The van der Waals surface area contributed by atoms with Gasteiger partial charge in [-0.25, -0.2) is 21.8 Å². The number of ether oxygens (including phenoxy) is 1. The van der Waals surface area contributed by atoms with Crippen LogP contribution in [0.15, 0.2) is 52.4 Å². The van der Waals surface area contributed by atoms with E-state index < -0.39 is 20.0 Å². The third-order valence-corrected chi connectivity index (χ3v) is 7.06. The minimum absolute atomic E-state index is 0.0368. The quantitative estimate of drug-likeness (QED) is 0.596. The maximum absolute atomic E-state index is 12.4. The van der Waals surface area contributed by atoms with Crippen LogP contribution in [0.3, 0.4) is 0 Å². The van der Waals surface area contributed by atoms with Crippen molar-refractivity contribution in [2.75, 3.05) is 25.6 Å². The molecule has 9 nitrogen and oxygen atoms in total. The molecule has 1 aromatic heterocycles. The molecule has 0 fully saturated rings. The van der Waals surface area contributed by atoms with Crippen LogP contribution in [-0.2, 0) is 20.0 Å². The van der Waals surface area contributed by atoms with Gasteiger partial charge in [-0.2, -0.15) is 4.31 Å². The lowest BCUT2D eigenvalue weighted by Crippen LogP contribution is -2.31. The lowest BCUT2D eigenvalue weighted by Gasteiger charge is -2.18. The third kappa shape index (κ3) is 4.95. The van der Waals surface area contributed by atoms with E-state index in [0.717, 1.165) is 0 Å². The van der Waals surface area contributed by atoms with Crippen molar-refractivity contribution in [3.05, 3.63) is 42.6 Å². The number of hydrogen-bond donors (Lipinski definition) is 2. The van der Waals surface area contributed by atoms with E-state index in [1.807, 2.05) is 0 Å². The van der Waals surface area contributed by atoms with Crippen molar-refractivity contribution in [3.8, 4) is 5.75 Å². The predicted octanol–water partition coefficient (Wildman–Crippen LogP) is 1.43. The minimum Gasteiger partial charge on any atom is -0.497 e. The molecule has 0 radical (unpaired) electrons. The highest BCUT2D eigenvalue weighted by atomic mass is 32.2. The van der Waals surface area contributed by atoms with Gasteiger partial charge >= 0.3 is 0 Å². The fourth-order valence-corrected chi connectivity index (χ4v) is 4.51. The maximum Gasteiger partial charge on any atom is 0.257 e. The van der Waals surface area contributed by atoms with Crippen molar-refractivity contribution in [1.29, 1.82) is 0 Å². The molecule has 0 aliphatic heterocycles. The number of aromatic nitrogens is 1. The van der Waals surface area contributed by atoms with Gasteiger partial charge in [0.25, 0.3) is 10.0 Å². The minimum atomic E-state index is -3.83. The summed E-state index contributed by atoms with van der Waals surface area (Å²) in [6, 6.07) is 8.60. The lowest BCUT2D eigenvalue weighted by atomic mass is 10.3. The number of hydrogen-bond acceptors (Lipinski definition) is 7. The first-order chi connectivity index (χ1) is 12.7. The molecule has 2 rings (SSSR count). The van der Waals surface area contributed by atoms with Crippen LogP contribution in [0.4, 0.5) is 5.82 Å². The van der Waals surface area contributed by atoms with E-state index >= 15 is 0 Å². The van der Waals surface area contributed by atoms with Gasteiger partial charge in [-0.3, -0.25) is 5.43 Å². The Morgan fingerprint density at radius 1 is 0.963 bits per heavy atom. The average molecular weight is 415 g/mol. The molecule has 1 heterocycles. The summed E-state index contributed by atoms with van der Waals surface area (Å²) in [7, 11) is -5.96. The van der Waals surface area contributed by atoms with Gasteiger partial charge in [-0.05, 0) is 36.4 Å². The molecule has 0 amide bonds. The third-order valence-electron chi connectivity index (χ3n) is 3.76. The first-order valence-electron chi connectivity index (χ1n) is 8.12. The normalized spacial score (nSPS) is 12.1. The van der Waals surface area contributed by atoms with Crippen molar-refractivity contribution in [2.45, 2.75) is 23.6 Å². The Morgan fingerprint density at radius 3 is 2.04 bits per heavy atom. The summed E-state index contributed by atoms with van der Waals surface area (Å²) in [6.45, 7) is 4.19. The summed E-state index contributed by atoms with van der Waals surface area (Å²) < 4.78 is 55.6. The Balaban J connectivity index is 2.10. The number of sulfonamides is 2. The van der Waals surface area contributed by atoms with Crippen LogP contribution >= 0.6 is 0 Å². The second-order valence-corrected chi connectivity index (χ2v) is 8.99. The van der Waals surface area contributed by atoms with Crippen LogP contribution in [0.2, 0.25) is 0 Å². The number of nitrogens with one attached hydrogen (secondary N) is 2. The predicted molar refractivity (Wildman–Crippen MR) is 101 cm³/mol. The zero-order chi connectivity index (χ0) is 20.1. The monoisotopic (exact) mass is 414 g/mol. The van der Waals surface area contributed by atoms with E-state index in [0.29, 0.717) is 18.8 Å². The van der Waals surface area contributed by atoms with Crippen LogP contribution in [0.1, 0.15) is 13.8 Å². The van der Waals surface area contributed by atoms with Gasteiger partial charge in [-0.15, -0.1) is 4.83 Å². The molecule has 148 valence electrons. The van der Waals surface area contributed by atoms with Crippen LogP contribution < -0.4 is 15.0 Å². The van der Waals surface area contributed by atoms with Gasteiger partial charge < -0.3 is 4.74 Å². The zero-order valence-electron chi connectivity index (χ0n) is 15.2. The number of nitrogens with zero attached hydrogens (tertiary/aromatic N) is 2. The van der Waals surface area contributed by atoms with Crippen LogP contribution in [0.25, 0.3) is 0 Å². The maximum atomic E-state index is 12.4. The highest BCUT2D eigenvalue weighted by molar-refractivity contribution is 7.89. The molecule has 0 saturated heterocycles. The van der Waals surface area contributed by atoms with Crippen LogP contribution in [-0.4, -0.2) is 46.3 Å². The van der Waals surface area contributed by atoms with Crippen LogP contribution in [0, 0.1) is 0 Å². The van der Waals surface area contributed by atoms with E-state index in [9.17, 15) is 16.8 Å². The lowest BCUT2D eigenvalue weighted by molar-refractivity contribution is 0.414. The van der Waals surface area contributed by atoms with Crippen molar-refractivity contribution in [3.63, 3.8) is 0 Å². The van der Waals surface area contributed by atoms with Crippen molar-refractivity contribution >= 4 is 25.9 Å². The Labute approximate surface area is 159 Å². The molecule has 2 N–H and O–H groups in total. The second kappa shape index (κ2) is 8.65. The summed E-state index contributed by atoms with van der Waals surface area (Å²) >= 11 is 0. The Hall–Kier alpha value is -2.21. The molecule has 0 atom stereocenters. The first kappa shape index (κ1) is 21.1. The Bertz CT molecular complexity index is 955. The summed E-state index contributed by atoms with van der Waals surface area (Å²) in [5.74, 6) is 0.694. The molecular formula is C16H22N4O5S2. The van der Waals surface area contributed by atoms with Crippen molar-refractivity contribution < 1.29 is 21.6 Å². The molecular weight excluding hydrogens is 392 g/mol. The molecule has 2 aromatic rings. The molecule has 27 heavy (non-hydrogen) atoms. The van der Waals surface area contributed by atoms with Gasteiger partial charge in [-0.1, -0.05) is 13.8 Å². The number of hydrazine groups is 1. The molecule has 0 aliphatic carbocycles. The topological polar surface area (TPSA) is 118 Å². The molecule has 0 unspecified atom stereocenters. The fourth-order valence-electron chi connectivity index (χ4n) is 2.25. The van der Waals surface area contributed by atoms with E-state index in [1.165, 1.54) is 54.0 Å². The highest BCUT2D eigenvalue weighted by Crippen LogP contribution is 2.17. The number of anilines is 1. The molecule has 0 spiro atoms. The van der Waals surface area contributed by atoms with Gasteiger partial charge in [0.05, 0.1) is 12.0 Å². The van der Waals surface area contributed by atoms with Gasteiger partial charge in [0, 0.05) is 19.3 Å². The largest absolute Gasteiger partial charge is 0.497 e. The van der Waals surface area contributed by atoms with Gasteiger partial charge in [0.1, 0.15) is 16.5 Å². The van der Waals surface area contributed by atoms with Crippen molar-refractivity contribution in [2.24, 2.45) is 0 Å². The van der Waals surface area contributed by atoms with Crippen molar-refractivity contribution in [1.82, 2.24) is 14.1 Å². The first-order valence-corrected chi connectivity index (χ1v) is 11.0. The molecule has 11 heteroatoms. The Morgan fingerprint density at radius 2 is 1.56 bits per heavy atom. The summed E-state index contributed by atoms with van der Waals surface area (Å²) in [6.07, 6.45) is 1.18. The summed E-state index contributed by atoms with van der Waals surface area (Å²) in [4.78, 5) is 6.22. The Kier molecular flexibility index (Phi) is 6.76. The fraction of sp³-hybridized carbons (Fsp3) is 0.312. The summed E-state index contributed by atoms with van der Waals surface area (Å²) in [5, 5.41) is 0. The molecule has 0 saturated carbocycles. The second-order valence-electron chi connectivity index (χ2n) is 5.37. The number of methoxy groups -OCH3 is 1. The SMILES string of the molecule is CCN(CC)S(=O)(=O)c1ccc(NNS(=O)(=O)c2ccc(OC)cc2)nc1. The number of rotatable bonds is 9. The van der Waals surface area contributed by atoms with E-state index in [2.05, 4.69) is 15.2 Å². The molecule has 1 aromatic carbocycles. The van der Waals surface area contributed by atoms with E-state index in [-0.39, 0.29) is 15.6 Å². The number of pyridine rings is 1. The van der Waals surface area contributed by atoms with Crippen LogP contribution in [0.5, 0.6) is 5.75 Å². The van der Waals surface area contributed by atoms with E-state index in [4.69, 9.17) is 4.74 Å². The van der Waals surface area contributed by atoms with Gasteiger partial charge in [0.15, 0.2) is 0 Å². The molecule has 0 aliphatic rings. The van der Waals surface area contributed by atoms with E-state index in [1.54, 1.807) is 13.8 Å². The summed E-state index contributed by atoms with van der Waals surface area (Å²) in [5.41, 5.74) is 2.46. The zero-order valence-corrected chi connectivity index (χ0v) is 16.8. The smallest absolute Gasteiger partial charge is 0.257 e. The standard InChI is InChI=1S/C16H22N4O5S2/c1-4-20(5-2)27(23,24)15-10-11-16(17-12-15)18-19-26(21,22)14-8-6-13(25-3)7-9-14/h6-12,19H,4-5H2,1-3H3,(H,17,18). The average Bonchev–Trinajstić information content (AvgIpc) is 2.67. The van der Waals surface area contributed by atoms with Gasteiger partial charge in [0.2, 0.25) is 10.0 Å².